The molecule has 0 aliphatic heterocycles. The highest BCUT2D eigenvalue weighted by Crippen LogP contribution is 2.05. The second-order valence-corrected chi connectivity index (χ2v) is 7.06. The van der Waals surface area contributed by atoms with Crippen molar-refractivity contribution in [2.24, 2.45) is 0 Å². The van der Waals surface area contributed by atoms with Crippen LogP contribution in [-0.2, 0) is 10.0 Å². The number of sulfonamides is 1. The average Bonchev–Trinajstić information content (AvgIpc) is 2.92. The van der Waals surface area contributed by atoms with Gasteiger partial charge in [0, 0.05) is 19.6 Å². The van der Waals surface area contributed by atoms with E-state index in [0.29, 0.717) is 38.5 Å². The molecule has 1 rings (SSSR count). The molecule has 2 N–H and O–H groups in total. The number of nitrogens with zero attached hydrogens (tertiary/aromatic N) is 3. The van der Waals surface area contributed by atoms with E-state index < -0.39 is 16.1 Å². The highest BCUT2D eigenvalue weighted by Gasteiger charge is 2.13. The SMILES string of the molecule is CCN(CCCNCC(O)COc1cnsn1)S(C)(=O)=O. The number of aromatic nitrogens is 2. The third-order valence-electron chi connectivity index (χ3n) is 2.73. The van der Waals surface area contributed by atoms with Crippen LogP contribution in [0.2, 0.25) is 0 Å². The van der Waals surface area contributed by atoms with Crippen LogP contribution in [-0.4, -0.2) is 71.7 Å². The van der Waals surface area contributed by atoms with Crippen molar-refractivity contribution in [1.82, 2.24) is 18.4 Å². The van der Waals surface area contributed by atoms with Gasteiger partial charge in [0.25, 0.3) is 0 Å². The summed E-state index contributed by atoms with van der Waals surface area (Å²) in [6, 6.07) is 0. The first kappa shape index (κ1) is 18.2. The molecule has 0 aliphatic carbocycles. The van der Waals surface area contributed by atoms with Gasteiger partial charge in [0.15, 0.2) is 0 Å². The Bertz CT molecular complexity index is 480. The minimum Gasteiger partial charge on any atom is -0.473 e. The van der Waals surface area contributed by atoms with Gasteiger partial charge in [0.2, 0.25) is 15.9 Å². The van der Waals surface area contributed by atoms with Crippen LogP contribution in [0.25, 0.3) is 0 Å². The molecule has 0 bridgehead atoms. The van der Waals surface area contributed by atoms with Gasteiger partial charge >= 0.3 is 0 Å². The monoisotopic (exact) mass is 338 g/mol. The first-order chi connectivity index (χ1) is 9.93. The zero-order chi connectivity index (χ0) is 15.7. The molecule has 21 heavy (non-hydrogen) atoms. The Hall–Kier alpha value is -0.810. The molecule has 0 fully saturated rings. The van der Waals surface area contributed by atoms with E-state index in [1.54, 1.807) is 0 Å². The number of hydrogen-bond acceptors (Lipinski definition) is 8. The highest BCUT2D eigenvalue weighted by atomic mass is 32.2. The van der Waals surface area contributed by atoms with Crippen LogP contribution in [0.1, 0.15) is 13.3 Å². The van der Waals surface area contributed by atoms with Gasteiger partial charge in [-0.2, -0.15) is 4.37 Å². The predicted octanol–water partition coefficient (Wildman–Crippen LogP) is -0.461. The molecule has 0 spiro atoms. The number of rotatable bonds is 11. The molecule has 0 aliphatic rings. The van der Waals surface area contributed by atoms with E-state index in [2.05, 4.69) is 14.1 Å². The Labute approximate surface area is 129 Å². The van der Waals surface area contributed by atoms with Gasteiger partial charge in [-0.05, 0) is 13.0 Å². The van der Waals surface area contributed by atoms with E-state index >= 15 is 0 Å². The number of aliphatic hydroxyl groups excluding tert-OH is 1. The average molecular weight is 338 g/mol. The summed E-state index contributed by atoms with van der Waals surface area (Å²) in [6.07, 6.45) is 2.74. The standard InChI is InChI=1S/C11H22N4O4S2/c1-3-15(21(2,17)18)6-4-5-12-7-10(16)9-19-11-8-13-20-14-11/h8,10,12,16H,3-7,9H2,1-2H3. The zero-order valence-electron chi connectivity index (χ0n) is 12.2. The molecule has 0 saturated carbocycles. The molecule has 1 heterocycles. The van der Waals surface area contributed by atoms with Gasteiger partial charge in [-0.15, -0.1) is 4.37 Å². The molecule has 1 aromatic rings. The van der Waals surface area contributed by atoms with Crippen LogP contribution < -0.4 is 10.1 Å². The molecular weight excluding hydrogens is 316 g/mol. The summed E-state index contributed by atoms with van der Waals surface area (Å²) < 4.78 is 37.0. The maximum Gasteiger partial charge on any atom is 0.245 e. The molecule has 1 unspecified atom stereocenters. The summed E-state index contributed by atoms with van der Waals surface area (Å²) in [7, 11) is -3.13. The number of ether oxygens (including phenoxy) is 1. The van der Waals surface area contributed by atoms with Gasteiger partial charge < -0.3 is 15.2 Å². The maximum absolute atomic E-state index is 11.4. The third-order valence-corrected chi connectivity index (χ3v) is 4.57. The van der Waals surface area contributed by atoms with Crippen LogP contribution in [0.4, 0.5) is 0 Å². The fraction of sp³-hybridized carbons (Fsp3) is 0.818. The molecule has 0 saturated heterocycles. The van der Waals surface area contributed by atoms with E-state index in [9.17, 15) is 13.5 Å². The van der Waals surface area contributed by atoms with Crippen LogP contribution >= 0.6 is 11.7 Å². The molecule has 0 amide bonds. The van der Waals surface area contributed by atoms with E-state index in [4.69, 9.17) is 4.74 Å². The van der Waals surface area contributed by atoms with Crippen molar-refractivity contribution in [2.75, 3.05) is 39.0 Å². The lowest BCUT2D eigenvalue weighted by molar-refractivity contribution is 0.104. The summed E-state index contributed by atoms with van der Waals surface area (Å²) in [5.74, 6) is 0.408. The summed E-state index contributed by atoms with van der Waals surface area (Å²) >= 11 is 1.05. The minimum atomic E-state index is -3.13. The Morgan fingerprint density at radius 3 is 2.90 bits per heavy atom. The smallest absolute Gasteiger partial charge is 0.245 e. The van der Waals surface area contributed by atoms with Crippen LogP contribution in [0.5, 0.6) is 5.88 Å². The molecular formula is C11H22N4O4S2. The number of nitrogens with one attached hydrogen (secondary N) is 1. The normalized spacial score (nSPS) is 13.5. The van der Waals surface area contributed by atoms with Crippen molar-refractivity contribution in [3.8, 4) is 5.88 Å². The largest absolute Gasteiger partial charge is 0.473 e. The van der Waals surface area contributed by atoms with Crippen molar-refractivity contribution >= 4 is 21.8 Å². The first-order valence-corrected chi connectivity index (χ1v) is 9.25. The Balaban J connectivity index is 2.08. The Morgan fingerprint density at radius 2 is 2.33 bits per heavy atom. The number of hydrogen-bond donors (Lipinski definition) is 2. The molecule has 1 atom stereocenters. The maximum atomic E-state index is 11.4. The zero-order valence-corrected chi connectivity index (χ0v) is 13.9. The van der Waals surface area contributed by atoms with Gasteiger partial charge in [-0.25, -0.2) is 12.7 Å². The summed E-state index contributed by atoms with van der Waals surface area (Å²) in [4.78, 5) is 0. The molecule has 1 aromatic heterocycles. The number of aliphatic hydroxyl groups is 1. The van der Waals surface area contributed by atoms with Gasteiger partial charge in [-0.1, -0.05) is 6.92 Å². The summed E-state index contributed by atoms with van der Waals surface area (Å²) in [5, 5.41) is 12.8. The van der Waals surface area contributed by atoms with Gasteiger partial charge in [0.05, 0.1) is 18.0 Å². The van der Waals surface area contributed by atoms with E-state index in [0.717, 1.165) is 11.7 Å². The lowest BCUT2D eigenvalue weighted by atomic mass is 10.3. The van der Waals surface area contributed by atoms with Crippen molar-refractivity contribution in [1.29, 1.82) is 0 Å². The lowest BCUT2D eigenvalue weighted by Gasteiger charge is -2.18. The molecule has 10 heteroatoms. The van der Waals surface area contributed by atoms with Crippen LogP contribution in [0.15, 0.2) is 6.20 Å². The molecule has 122 valence electrons. The predicted molar refractivity (Wildman–Crippen MR) is 81.0 cm³/mol. The first-order valence-electron chi connectivity index (χ1n) is 6.67. The van der Waals surface area contributed by atoms with Crippen LogP contribution in [0.3, 0.4) is 0 Å². The molecule has 0 aromatic carbocycles. The summed E-state index contributed by atoms with van der Waals surface area (Å²) in [5.41, 5.74) is 0. The summed E-state index contributed by atoms with van der Waals surface area (Å²) in [6.45, 7) is 3.89. The van der Waals surface area contributed by atoms with Gasteiger partial charge in [0.1, 0.15) is 18.9 Å². The topological polar surface area (TPSA) is 105 Å². The Kier molecular flexibility index (Phi) is 8.04. The quantitative estimate of drug-likeness (QED) is 0.526. The second-order valence-electron chi connectivity index (χ2n) is 4.52. The van der Waals surface area contributed by atoms with Crippen molar-refractivity contribution < 1.29 is 18.3 Å². The fourth-order valence-corrected chi connectivity index (χ4v) is 2.96. The highest BCUT2D eigenvalue weighted by molar-refractivity contribution is 7.88. The van der Waals surface area contributed by atoms with Crippen molar-refractivity contribution in [3.63, 3.8) is 0 Å². The molecule has 8 nitrogen and oxygen atoms in total. The van der Waals surface area contributed by atoms with Crippen molar-refractivity contribution in [2.45, 2.75) is 19.4 Å². The Morgan fingerprint density at radius 1 is 1.57 bits per heavy atom. The van der Waals surface area contributed by atoms with Gasteiger partial charge in [-0.3, -0.25) is 0 Å². The van der Waals surface area contributed by atoms with Crippen LogP contribution in [0, 0.1) is 0 Å². The third kappa shape index (κ3) is 7.67. The second kappa shape index (κ2) is 9.26. The molecule has 0 radical (unpaired) electrons. The van der Waals surface area contributed by atoms with E-state index in [1.807, 2.05) is 6.92 Å². The lowest BCUT2D eigenvalue weighted by Crippen LogP contribution is -2.35. The van der Waals surface area contributed by atoms with Crippen molar-refractivity contribution in [3.05, 3.63) is 6.20 Å². The fourth-order valence-electron chi connectivity index (χ4n) is 1.67. The van der Waals surface area contributed by atoms with E-state index in [-0.39, 0.29) is 6.61 Å². The van der Waals surface area contributed by atoms with E-state index in [1.165, 1.54) is 16.8 Å². The minimum absolute atomic E-state index is 0.142.